The Hall–Kier alpha value is -0.120. The van der Waals surface area contributed by atoms with Crippen molar-refractivity contribution in [1.82, 2.24) is 10.6 Å². The van der Waals surface area contributed by atoms with E-state index in [2.05, 4.69) is 17.6 Å². The third-order valence-corrected chi connectivity index (χ3v) is 2.95. The van der Waals surface area contributed by atoms with Gasteiger partial charge in [-0.15, -0.1) is 0 Å². The second kappa shape index (κ2) is 7.21. The van der Waals surface area contributed by atoms with Crippen LogP contribution in [-0.2, 0) is 0 Å². The summed E-state index contributed by atoms with van der Waals surface area (Å²) in [7, 11) is 0. The summed E-state index contributed by atoms with van der Waals surface area (Å²) >= 11 is 0. The first-order chi connectivity index (χ1) is 6.83. The first-order valence-electron chi connectivity index (χ1n) is 5.85. The normalized spacial score (nSPS) is 24.9. The monoisotopic (exact) mass is 200 g/mol. The van der Waals surface area contributed by atoms with Crippen molar-refractivity contribution in [3.8, 4) is 0 Å². The number of hydrogen-bond acceptors (Lipinski definition) is 3. The molecule has 0 bridgehead atoms. The lowest BCUT2D eigenvalue weighted by Crippen LogP contribution is -2.37. The molecule has 2 unspecified atom stereocenters. The number of nitrogens with one attached hydrogen (secondary N) is 2. The fourth-order valence-corrected chi connectivity index (χ4v) is 1.95. The van der Waals surface area contributed by atoms with Gasteiger partial charge in [0.05, 0.1) is 0 Å². The predicted octanol–water partition coefficient (Wildman–Crippen LogP) is 0.594. The Morgan fingerprint density at radius 1 is 1.57 bits per heavy atom. The van der Waals surface area contributed by atoms with E-state index >= 15 is 0 Å². The van der Waals surface area contributed by atoms with Crippen LogP contribution in [0, 0.1) is 11.8 Å². The van der Waals surface area contributed by atoms with Crippen molar-refractivity contribution in [2.45, 2.75) is 26.2 Å². The van der Waals surface area contributed by atoms with Gasteiger partial charge in [-0.05, 0) is 57.3 Å². The molecule has 0 spiro atoms. The van der Waals surface area contributed by atoms with Crippen LogP contribution in [0.15, 0.2) is 0 Å². The largest absolute Gasteiger partial charge is 0.396 e. The molecule has 0 aromatic heterocycles. The van der Waals surface area contributed by atoms with Gasteiger partial charge in [0.1, 0.15) is 0 Å². The Kier molecular flexibility index (Phi) is 6.15. The molecule has 1 aliphatic heterocycles. The summed E-state index contributed by atoms with van der Waals surface area (Å²) in [6.07, 6.45) is 3.59. The molecule has 0 aromatic rings. The summed E-state index contributed by atoms with van der Waals surface area (Å²) in [6.45, 7) is 7.02. The van der Waals surface area contributed by atoms with Crippen LogP contribution in [-0.4, -0.2) is 37.9 Å². The van der Waals surface area contributed by atoms with Crippen LogP contribution in [0.2, 0.25) is 0 Å². The Morgan fingerprint density at radius 3 is 3.07 bits per heavy atom. The predicted molar refractivity (Wildman–Crippen MR) is 59.3 cm³/mol. The van der Waals surface area contributed by atoms with Gasteiger partial charge >= 0.3 is 0 Å². The summed E-state index contributed by atoms with van der Waals surface area (Å²) in [5.74, 6) is 1.40. The van der Waals surface area contributed by atoms with Crippen LogP contribution in [0.3, 0.4) is 0 Å². The van der Waals surface area contributed by atoms with Crippen LogP contribution >= 0.6 is 0 Å². The quantitative estimate of drug-likeness (QED) is 0.588. The van der Waals surface area contributed by atoms with E-state index in [-0.39, 0.29) is 0 Å². The molecule has 0 radical (unpaired) electrons. The summed E-state index contributed by atoms with van der Waals surface area (Å²) < 4.78 is 0. The fourth-order valence-electron chi connectivity index (χ4n) is 1.95. The van der Waals surface area contributed by atoms with Gasteiger partial charge in [0.15, 0.2) is 0 Å². The van der Waals surface area contributed by atoms with Gasteiger partial charge in [-0.25, -0.2) is 0 Å². The number of hydrogen-bond donors (Lipinski definition) is 3. The first kappa shape index (κ1) is 12.0. The number of piperidine rings is 1. The summed E-state index contributed by atoms with van der Waals surface area (Å²) in [5, 5.41) is 15.7. The van der Waals surface area contributed by atoms with E-state index in [9.17, 15) is 0 Å². The second-order valence-electron chi connectivity index (χ2n) is 4.49. The third kappa shape index (κ3) is 4.94. The molecule has 0 saturated carbocycles. The van der Waals surface area contributed by atoms with E-state index in [1.807, 2.05) is 0 Å². The van der Waals surface area contributed by atoms with Crippen molar-refractivity contribution in [2.75, 3.05) is 32.8 Å². The van der Waals surface area contributed by atoms with Crippen LogP contribution in [0.1, 0.15) is 26.2 Å². The molecule has 1 saturated heterocycles. The molecular weight excluding hydrogens is 176 g/mol. The molecule has 3 heteroatoms. The molecule has 1 aliphatic rings. The summed E-state index contributed by atoms with van der Waals surface area (Å²) in [5.41, 5.74) is 0. The van der Waals surface area contributed by atoms with Crippen LogP contribution < -0.4 is 10.6 Å². The maximum Gasteiger partial charge on any atom is 0.0434 e. The highest BCUT2D eigenvalue weighted by atomic mass is 16.3. The van der Waals surface area contributed by atoms with Gasteiger partial charge in [0.25, 0.3) is 0 Å². The average Bonchev–Trinajstić information content (AvgIpc) is 2.20. The topological polar surface area (TPSA) is 44.3 Å². The summed E-state index contributed by atoms with van der Waals surface area (Å²) in [6, 6.07) is 0. The highest BCUT2D eigenvalue weighted by Gasteiger charge is 2.12. The zero-order valence-corrected chi connectivity index (χ0v) is 9.26. The van der Waals surface area contributed by atoms with Gasteiger partial charge in [-0.2, -0.15) is 0 Å². The second-order valence-corrected chi connectivity index (χ2v) is 4.49. The van der Waals surface area contributed by atoms with Crippen molar-refractivity contribution >= 4 is 0 Å². The Morgan fingerprint density at radius 2 is 2.43 bits per heavy atom. The van der Waals surface area contributed by atoms with Crippen LogP contribution in [0.25, 0.3) is 0 Å². The van der Waals surface area contributed by atoms with E-state index in [4.69, 9.17) is 5.11 Å². The maximum absolute atomic E-state index is 8.75. The van der Waals surface area contributed by atoms with Gasteiger partial charge in [-0.1, -0.05) is 6.92 Å². The lowest BCUT2D eigenvalue weighted by Gasteiger charge is -2.23. The number of aliphatic hydroxyl groups is 1. The van der Waals surface area contributed by atoms with Gasteiger partial charge in [0.2, 0.25) is 0 Å². The number of aliphatic hydroxyl groups excluding tert-OH is 1. The maximum atomic E-state index is 8.75. The highest BCUT2D eigenvalue weighted by molar-refractivity contribution is 4.71. The van der Waals surface area contributed by atoms with Gasteiger partial charge in [0, 0.05) is 6.61 Å². The van der Waals surface area contributed by atoms with Crippen molar-refractivity contribution in [3.05, 3.63) is 0 Å². The van der Waals surface area contributed by atoms with Crippen LogP contribution in [0.5, 0.6) is 0 Å². The molecule has 3 nitrogen and oxygen atoms in total. The van der Waals surface area contributed by atoms with Crippen molar-refractivity contribution in [2.24, 2.45) is 11.8 Å². The van der Waals surface area contributed by atoms with E-state index in [1.165, 1.54) is 25.9 Å². The van der Waals surface area contributed by atoms with E-state index < -0.39 is 0 Å². The Labute approximate surface area is 87.3 Å². The molecule has 3 N–H and O–H groups in total. The van der Waals surface area contributed by atoms with Crippen molar-refractivity contribution in [1.29, 1.82) is 0 Å². The zero-order valence-electron chi connectivity index (χ0n) is 9.26. The van der Waals surface area contributed by atoms with Crippen molar-refractivity contribution < 1.29 is 5.11 Å². The summed E-state index contributed by atoms with van der Waals surface area (Å²) in [4.78, 5) is 0. The van der Waals surface area contributed by atoms with E-state index in [0.29, 0.717) is 12.5 Å². The molecule has 0 aliphatic carbocycles. The number of rotatable bonds is 6. The van der Waals surface area contributed by atoms with Crippen molar-refractivity contribution in [3.63, 3.8) is 0 Å². The minimum absolute atomic E-state index is 0.313. The highest BCUT2D eigenvalue weighted by Crippen LogP contribution is 2.08. The molecule has 84 valence electrons. The van der Waals surface area contributed by atoms with Gasteiger partial charge in [-0.3, -0.25) is 0 Å². The average molecular weight is 200 g/mol. The fraction of sp³-hybridized carbons (Fsp3) is 1.00. The minimum Gasteiger partial charge on any atom is -0.396 e. The van der Waals surface area contributed by atoms with E-state index in [1.54, 1.807) is 0 Å². The molecule has 0 aromatic carbocycles. The lowest BCUT2D eigenvalue weighted by molar-refractivity contribution is 0.257. The van der Waals surface area contributed by atoms with E-state index in [0.717, 1.165) is 25.4 Å². The third-order valence-electron chi connectivity index (χ3n) is 2.95. The smallest absolute Gasteiger partial charge is 0.0434 e. The Bertz CT molecular complexity index is 135. The molecule has 2 atom stereocenters. The standard InChI is InChI=1S/C11H24N2O/c1-10(4-6-14)7-13-9-11-3-2-5-12-8-11/h10-14H,2-9H2,1H3. The zero-order chi connectivity index (χ0) is 10.2. The Balaban J connectivity index is 1.96. The molecular formula is C11H24N2O. The van der Waals surface area contributed by atoms with Crippen LogP contribution in [0.4, 0.5) is 0 Å². The molecule has 1 heterocycles. The molecule has 14 heavy (non-hydrogen) atoms. The molecule has 1 rings (SSSR count). The minimum atomic E-state index is 0.313. The molecule has 1 fully saturated rings. The first-order valence-corrected chi connectivity index (χ1v) is 5.85. The van der Waals surface area contributed by atoms with Gasteiger partial charge < -0.3 is 15.7 Å². The lowest BCUT2D eigenvalue weighted by atomic mass is 9.99. The molecule has 0 amide bonds. The SMILES string of the molecule is CC(CCO)CNCC1CCCNC1.